The van der Waals surface area contributed by atoms with Crippen molar-refractivity contribution >= 4 is 33.0 Å². The highest BCUT2D eigenvalue weighted by Gasteiger charge is 2.21. The Morgan fingerprint density at radius 3 is 2.90 bits per heavy atom. The van der Waals surface area contributed by atoms with Crippen LogP contribution in [0.1, 0.15) is 9.67 Å². The molecular formula is C15H18N2O2S. The summed E-state index contributed by atoms with van der Waals surface area (Å²) in [4.78, 5) is 14.9. The van der Waals surface area contributed by atoms with Crippen LogP contribution in [0, 0.1) is 0 Å². The van der Waals surface area contributed by atoms with Crippen LogP contribution in [0.5, 0.6) is 0 Å². The number of nitrogen functional groups attached to an aromatic ring is 1. The summed E-state index contributed by atoms with van der Waals surface area (Å²) in [6.07, 6.45) is 1.71. The predicted molar refractivity (Wildman–Crippen MR) is 84.2 cm³/mol. The molecule has 0 bridgehead atoms. The molecule has 0 saturated carbocycles. The molecule has 20 heavy (non-hydrogen) atoms. The van der Waals surface area contributed by atoms with E-state index in [4.69, 9.17) is 10.5 Å². The van der Waals surface area contributed by atoms with Crippen molar-refractivity contribution < 1.29 is 9.53 Å². The lowest BCUT2D eigenvalue weighted by Crippen LogP contribution is -2.33. The number of hydrogen-bond acceptors (Lipinski definition) is 4. The van der Waals surface area contributed by atoms with Gasteiger partial charge in [-0.2, -0.15) is 0 Å². The SMILES string of the molecule is C=CCN(CCOC)C(=O)c1sc2ccccc2c1N. The van der Waals surface area contributed by atoms with E-state index in [9.17, 15) is 4.79 Å². The molecule has 0 aliphatic heterocycles. The minimum absolute atomic E-state index is 0.0688. The summed E-state index contributed by atoms with van der Waals surface area (Å²) in [5.74, 6) is -0.0688. The third kappa shape index (κ3) is 2.84. The van der Waals surface area contributed by atoms with Crippen molar-refractivity contribution in [1.82, 2.24) is 4.90 Å². The minimum atomic E-state index is -0.0688. The Labute approximate surface area is 122 Å². The zero-order valence-corrected chi connectivity index (χ0v) is 12.3. The van der Waals surface area contributed by atoms with Crippen molar-refractivity contribution in [1.29, 1.82) is 0 Å². The average molecular weight is 290 g/mol. The summed E-state index contributed by atoms with van der Waals surface area (Å²) in [5.41, 5.74) is 6.67. The number of carbonyl (C=O) groups is 1. The molecule has 0 fully saturated rings. The maximum absolute atomic E-state index is 12.6. The van der Waals surface area contributed by atoms with E-state index in [1.165, 1.54) is 11.3 Å². The molecule has 0 atom stereocenters. The molecule has 0 aliphatic rings. The Hall–Kier alpha value is -1.85. The smallest absolute Gasteiger partial charge is 0.266 e. The Bertz CT molecular complexity index is 621. The lowest BCUT2D eigenvalue weighted by atomic mass is 10.2. The number of thiophene rings is 1. The van der Waals surface area contributed by atoms with Crippen LogP contribution in [0.3, 0.4) is 0 Å². The molecule has 5 heteroatoms. The van der Waals surface area contributed by atoms with Gasteiger partial charge in [0.05, 0.1) is 12.3 Å². The van der Waals surface area contributed by atoms with Crippen LogP contribution in [0.2, 0.25) is 0 Å². The normalized spacial score (nSPS) is 10.7. The molecule has 4 nitrogen and oxygen atoms in total. The van der Waals surface area contributed by atoms with Gasteiger partial charge in [-0.1, -0.05) is 24.3 Å². The molecule has 2 N–H and O–H groups in total. The third-order valence-electron chi connectivity index (χ3n) is 3.03. The van der Waals surface area contributed by atoms with Gasteiger partial charge in [-0.25, -0.2) is 0 Å². The number of anilines is 1. The molecular weight excluding hydrogens is 272 g/mol. The zero-order valence-electron chi connectivity index (χ0n) is 11.5. The van der Waals surface area contributed by atoms with Gasteiger partial charge in [0.1, 0.15) is 4.88 Å². The van der Waals surface area contributed by atoms with E-state index in [2.05, 4.69) is 6.58 Å². The van der Waals surface area contributed by atoms with Crippen molar-refractivity contribution in [3.63, 3.8) is 0 Å². The number of amides is 1. The molecule has 0 radical (unpaired) electrons. The molecule has 1 aromatic heterocycles. The first kappa shape index (κ1) is 14.6. The van der Waals surface area contributed by atoms with Crippen molar-refractivity contribution in [3.05, 3.63) is 41.8 Å². The fraction of sp³-hybridized carbons (Fsp3) is 0.267. The van der Waals surface area contributed by atoms with Crippen molar-refractivity contribution in [2.75, 3.05) is 32.5 Å². The molecule has 0 spiro atoms. The van der Waals surface area contributed by atoms with E-state index in [-0.39, 0.29) is 5.91 Å². The molecule has 2 rings (SSSR count). The molecule has 0 unspecified atom stereocenters. The Morgan fingerprint density at radius 1 is 1.50 bits per heavy atom. The Morgan fingerprint density at radius 2 is 2.25 bits per heavy atom. The van der Waals surface area contributed by atoms with Gasteiger partial charge in [-0.15, -0.1) is 17.9 Å². The number of fused-ring (bicyclic) bond motifs is 1. The predicted octanol–water partition coefficient (Wildman–Crippen LogP) is 2.76. The topological polar surface area (TPSA) is 55.6 Å². The standard InChI is InChI=1S/C15H18N2O2S/c1-3-8-17(9-10-19-2)15(18)14-13(16)11-6-4-5-7-12(11)20-14/h3-7H,1,8-10,16H2,2H3. The number of carbonyl (C=O) groups excluding carboxylic acids is 1. The van der Waals surface area contributed by atoms with E-state index in [0.29, 0.717) is 30.3 Å². The lowest BCUT2D eigenvalue weighted by molar-refractivity contribution is 0.0724. The Balaban J connectivity index is 2.33. The molecule has 2 aromatic rings. The summed E-state index contributed by atoms with van der Waals surface area (Å²) in [7, 11) is 1.62. The highest BCUT2D eigenvalue weighted by Crippen LogP contribution is 2.34. The summed E-state index contributed by atoms with van der Waals surface area (Å²) in [5, 5.41) is 0.936. The van der Waals surface area contributed by atoms with Gasteiger partial charge in [-0.3, -0.25) is 4.79 Å². The van der Waals surface area contributed by atoms with Crippen LogP contribution in [0.15, 0.2) is 36.9 Å². The van der Waals surface area contributed by atoms with Crippen LogP contribution in [-0.2, 0) is 4.74 Å². The fourth-order valence-electron chi connectivity index (χ4n) is 2.00. The highest BCUT2D eigenvalue weighted by molar-refractivity contribution is 7.21. The number of methoxy groups -OCH3 is 1. The quantitative estimate of drug-likeness (QED) is 0.832. The van der Waals surface area contributed by atoms with Crippen molar-refractivity contribution in [3.8, 4) is 0 Å². The first-order chi connectivity index (χ1) is 9.69. The van der Waals surface area contributed by atoms with Crippen LogP contribution in [0.4, 0.5) is 5.69 Å². The van der Waals surface area contributed by atoms with Gasteiger partial charge in [0.25, 0.3) is 5.91 Å². The maximum Gasteiger partial charge on any atom is 0.266 e. The van der Waals surface area contributed by atoms with Crippen LogP contribution >= 0.6 is 11.3 Å². The minimum Gasteiger partial charge on any atom is -0.397 e. The number of hydrogen-bond donors (Lipinski definition) is 1. The second kappa shape index (κ2) is 6.54. The monoisotopic (exact) mass is 290 g/mol. The summed E-state index contributed by atoms with van der Waals surface area (Å²) in [6.45, 7) is 5.18. The summed E-state index contributed by atoms with van der Waals surface area (Å²) < 4.78 is 6.06. The number of nitrogens with two attached hydrogens (primary N) is 1. The van der Waals surface area contributed by atoms with E-state index >= 15 is 0 Å². The van der Waals surface area contributed by atoms with E-state index in [0.717, 1.165) is 10.1 Å². The van der Waals surface area contributed by atoms with Gasteiger partial charge in [0.2, 0.25) is 0 Å². The number of rotatable bonds is 6. The number of nitrogens with zero attached hydrogens (tertiary/aromatic N) is 1. The third-order valence-corrected chi connectivity index (χ3v) is 4.20. The summed E-state index contributed by atoms with van der Waals surface area (Å²) in [6, 6.07) is 7.77. The maximum atomic E-state index is 12.6. The van der Waals surface area contributed by atoms with Gasteiger partial charge in [0, 0.05) is 30.3 Å². The van der Waals surface area contributed by atoms with E-state index in [1.807, 2.05) is 24.3 Å². The Kier molecular flexibility index (Phi) is 4.76. The van der Waals surface area contributed by atoms with Crippen molar-refractivity contribution in [2.45, 2.75) is 0 Å². The second-order valence-corrected chi connectivity index (χ2v) is 5.43. The second-order valence-electron chi connectivity index (χ2n) is 4.37. The first-order valence-corrected chi connectivity index (χ1v) is 7.16. The van der Waals surface area contributed by atoms with Gasteiger partial charge >= 0.3 is 0 Å². The summed E-state index contributed by atoms with van der Waals surface area (Å²) >= 11 is 1.43. The molecule has 1 amide bonds. The molecule has 1 heterocycles. The number of benzene rings is 1. The van der Waals surface area contributed by atoms with Crippen molar-refractivity contribution in [2.24, 2.45) is 0 Å². The van der Waals surface area contributed by atoms with Gasteiger partial charge < -0.3 is 15.4 Å². The first-order valence-electron chi connectivity index (χ1n) is 6.35. The molecule has 106 valence electrons. The zero-order chi connectivity index (χ0) is 14.5. The lowest BCUT2D eigenvalue weighted by Gasteiger charge is -2.20. The van der Waals surface area contributed by atoms with Crippen LogP contribution in [-0.4, -0.2) is 37.6 Å². The molecule has 1 aromatic carbocycles. The average Bonchev–Trinajstić information content (AvgIpc) is 2.80. The van der Waals surface area contributed by atoms with Gasteiger partial charge in [0.15, 0.2) is 0 Å². The van der Waals surface area contributed by atoms with Gasteiger partial charge in [-0.05, 0) is 6.07 Å². The number of ether oxygens (including phenoxy) is 1. The largest absolute Gasteiger partial charge is 0.397 e. The van der Waals surface area contributed by atoms with E-state index in [1.54, 1.807) is 18.1 Å². The van der Waals surface area contributed by atoms with Crippen LogP contribution in [0.25, 0.3) is 10.1 Å². The highest BCUT2D eigenvalue weighted by atomic mass is 32.1. The van der Waals surface area contributed by atoms with Crippen LogP contribution < -0.4 is 5.73 Å². The fourth-order valence-corrected chi connectivity index (χ4v) is 3.09. The van der Waals surface area contributed by atoms with E-state index < -0.39 is 0 Å². The molecule has 0 saturated heterocycles. The molecule has 0 aliphatic carbocycles.